The monoisotopic (exact) mass is 323 g/mol. The molecule has 0 unspecified atom stereocenters. The van der Waals surface area contributed by atoms with Gasteiger partial charge < -0.3 is 5.32 Å². The second-order valence-corrected chi connectivity index (χ2v) is 7.18. The molecule has 0 aliphatic carbocycles. The van der Waals surface area contributed by atoms with Crippen LogP contribution in [0.1, 0.15) is 37.1 Å². The topological polar surface area (TPSA) is 54.9 Å². The Hall–Kier alpha value is -1.14. The van der Waals surface area contributed by atoms with Crippen molar-refractivity contribution in [1.29, 1.82) is 0 Å². The number of amides is 1. The molecule has 0 aliphatic heterocycles. The highest BCUT2D eigenvalue weighted by Gasteiger charge is 2.14. The number of thioether (sulfide) groups is 1. The Kier molecular flexibility index (Phi) is 5.58. The molecule has 2 aromatic heterocycles. The number of hydrogen-bond acceptors (Lipinski definition) is 5. The van der Waals surface area contributed by atoms with E-state index in [1.54, 1.807) is 17.7 Å². The summed E-state index contributed by atoms with van der Waals surface area (Å²) in [5, 5.41) is 5.06. The first-order chi connectivity index (χ1) is 10.1. The number of aromatic nitrogens is 2. The Labute approximate surface area is 133 Å². The van der Waals surface area contributed by atoms with E-state index in [1.165, 1.54) is 22.2 Å². The second-order valence-electron chi connectivity index (χ2n) is 5.01. The Morgan fingerprint density at radius 3 is 2.71 bits per heavy atom. The van der Waals surface area contributed by atoms with Crippen LogP contribution in [0.3, 0.4) is 0 Å². The number of thiophene rings is 1. The average Bonchev–Trinajstić information content (AvgIpc) is 2.78. The van der Waals surface area contributed by atoms with Crippen LogP contribution >= 0.6 is 23.1 Å². The van der Waals surface area contributed by atoms with Gasteiger partial charge in [0, 0.05) is 16.3 Å². The van der Waals surface area contributed by atoms with Gasteiger partial charge in [0.2, 0.25) is 5.91 Å². The fourth-order valence-electron chi connectivity index (χ4n) is 2.16. The molecule has 1 amide bonds. The molecule has 4 nitrogen and oxygen atoms in total. The van der Waals surface area contributed by atoms with Crippen LogP contribution in [0.15, 0.2) is 11.4 Å². The lowest BCUT2D eigenvalue weighted by Crippen LogP contribution is -2.35. The van der Waals surface area contributed by atoms with Crippen molar-refractivity contribution < 1.29 is 4.79 Å². The van der Waals surface area contributed by atoms with Crippen LogP contribution < -0.4 is 5.32 Å². The maximum atomic E-state index is 12.0. The van der Waals surface area contributed by atoms with E-state index in [0.29, 0.717) is 5.75 Å². The summed E-state index contributed by atoms with van der Waals surface area (Å²) in [5.74, 6) is 0.474. The van der Waals surface area contributed by atoms with E-state index >= 15 is 0 Å². The van der Waals surface area contributed by atoms with Crippen LogP contribution in [0.2, 0.25) is 0 Å². The summed E-state index contributed by atoms with van der Waals surface area (Å²) in [4.78, 5) is 22.9. The molecule has 21 heavy (non-hydrogen) atoms. The van der Waals surface area contributed by atoms with Crippen molar-refractivity contribution in [1.82, 2.24) is 15.3 Å². The molecule has 0 radical (unpaired) electrons. The van der Waals surface area contributed by atoms with E-state index in [2.05, 4.69) is 43.0 Å². The number of carbonyl (C=O) groups excluding carboxylic acids is 1. The fraction of sp³-hybridized carbons (Fsp3) is 0.533. The smallest absolute Gasteiger partial charge is 0.230 e. The summed E-state index contributed by atoms with van der Waals surface area (Å²) in [6.45, 7) is 8.36. The Bertz CT molecular complexity index is 635. The number of fused-ring (bicyclic) bond motifs is 1. The maximum absolute atomic E-state index is 12.0. The van der Waals surface area contributed by atoms with Gasteiger partial charge in [0.25, 0.3) is 0 Å². The lowest BCUT2D eigenvalue weighted by molar-refractivity contribution is -0.119. The fourth-order valence-corrected chi connectivity index (χ4v) is 4.08. The molecule has 0 saturated carbocycles. The molecule has 2 aromatic rings. The number of rotatable bonds is 6. The molecule has 0 fully saturated rings. The van der Waals surface area contributed by atoms with Gasteiger partial charge in [0.1, 0.15) is 16.2 Å². The zero-order valence-corrected chi connectivity index (χ0v) is 14.5. The third-order valence-corrected chi connectivity index (χ3v) is 5.73. The average molecular weight is 323 g/mol. The van der Waals surface area contributed by atoms with Crippen molar-refractivity contribution >= 4 is 39.2 Å². The Morgan fingerprint density at radius 2 is 2.05 bits per heavy atom. The van der Waals surface area contributed by atoms with Gasteiger partial charge in [-0.15, -0.1) is 11.3 Å². The largest absolute Gasteiger partial charge is 0.353 e. The van der Waals surface area contributed by atoms with Crippen molar-refractivity contribution in [2.75, 3.05) is 5.75 Å². The summed E-state index contributed by atoms with van der Waals surface area (Å²) in [7, 11) is 0. The second kappa shape index (κ2) is 7.22. The highest BCUT2D eigenvalue weighted by atomic mass is 32.2. The summed E-state index contributed by atoms with van der Waals surface area (Å²) in [6.07, 6.45) is 3.51. The quantitative estimate of drug-likeness (QED) is 0.650. The molecule has 0 bridgehead atoms. The standard InChI is InChI=1S/C15H21N3OS2/c1-5-11(6-2)18-12(19)7-20-14-13-9(3)10(4)21-15(13)17-8-16-14/h8,11H,5-7H2,1-4H3,(H,18,19). The molecule has 1 N–H and O–H groups in total. The van der Waals surface area contributed by atoms with Crippen molar-refractivity contribution in [2.45, 2.75) is 51.6 Å². The lowest BCUT2D eigenvalue weighted by atomic mass is 10.2. The molecule has 0 aliphatic rings. The molecule has 2 heterocycles. The highest BCUT2D eigenvalue weighted by Crippen LogP contribution is 2.34. The first-order valence-electron chi connectivity index (χ1n) is 7.19. The predicted molar refractivity (Wildman–Crippen MR) is 90.1 cm³/mol. The van der Waals surface area contributed by atoms with E-state index in [1.807, 2.05) is 0 Å². The van der Waals surface area contributed by atoms with Crippen molar-refractivity contribution in [2.24, 2.45) is 0 Å². The van der Waals surface area contributed by atoms with E-state index in [9.17, 15) is 4.79 Å². The van der Waals surface area contributed by atoms with Crippen molar-refractivity contribution in [3.63, 3.8) is 0 Å². The summed E-state index contributed by atoms with van der Waals surface area (Å²) < 4.78 is 0. The Morgan fingerprint density at radius 1 is 1.33 bits per heavy atom. The molecule has 2 rings (SSSR count). The molecule has 0 saturated heterocycles. The van der Waals surface area contributed by atoms with Crippen LogP contribution in [-0.2, 0) is 4.79 Å². The number of hydrogen-bond donors (Lipinski definition) is 1. The third kappa shape index (κ3) is 3.74. The van der Waals surface area contributed by atoms with Crippen LogP contribution in [0, 0.1) is 13.8 Å². The van der Waals surface area contributed by atoms with Gasteiger partial charge >= 0.3 is 0 Å². The molecular weight excluding hydrogens is 302 g/mol. The van der Waals surface area contributed by atoms with E-state index in [0.717, 1.165) is 28.1 Å². The minimum absolute atomic E-state index is 0.0741. The lowest BCUT2D eigenvalue weighted by Gasteiger charge is -2.14. The van der Waals surface area contributed by atoms with Crippen LogP contribution in [0.5, 0.6) is 0 Å². The first-order valence-corrected chi connectivity index (χ1v) is 8.99. The van der Waals surface area contributed by atoms with E-state index in [4.69, 9.17) is 0 Å². The molecular formula is C15H21N3OS2. The maximum Gasteiger partial charge on any atom is 0.230 e. The molecule has 114 valence electrons. The normalized spacial score (nSPS) is 11.3. The number of nitrogens with zero attached hydrogens (tertiary/aromatic N) is 2. The van der Waals surface area contributed by atoms with Gasteiger partial charge in [-0.05, 0) is 32.3 Å². The SMILES string of the molecule is CCC(CC)NC(=O)CSc1ncnc2sc(C)c(C)c12. The zero-order valence-electron chi connectivity index (χ0n) is 12.9. The molecule has 0 spiro atoms. The number of aryl methyl sites for hydroxylation is 2. The van der Waals surface area contributed by atoms with Gasteiger partial charge in [-0.1, -0.05) is 25.6 Å². The van der Waals surface area contributed by atoms with Crippen molar-refractivity contribution in [3.8, 4) is 0 Å². The number of carbonyl (C=O) groups is 1. The first kappa shape index (κ1) is 16.2. The van der Waals surface area contributed by atoms with Gasteiger partial charge in [0.15, 0.2) is 0 Å². The summed E-state index contributed by atoms with van der Waals surface area (Å²) in [5.41, 5.74) is 1.22. The molecule has 6 heteroatoms. The van der Waals surface area contributed by atoms with Crippen molar-refractivity contribution in [3.05, 3.63) is 16.8 Å². The van der Waals surface area contributed by atoms with Gasteiger partial charge in [-0.2, -0.15) is 0 Å². The Balaban J connectivity index is 2.08. The van der Waals surface area contributed by atoms with E-state index in [-0.39, 0.29) is 11.9 Å². The molecule has 0 atom stereocenters. The third-order valence-electron chi connectivity index (χ3n) is 3.62. The summed E-state index contributed by atoms with van der Waals surface area (Å²) >= 11 is 3.17. The van der Waals surface area contributed by atoms with Crippen LogP contribution in [0.25, 0.3) is 10.2 Å². The van der Waals surface area contributed by atoms with Crippen LogP contribution in [0.4, 0.5) is 0 Å². The van der Waals surface area contributed by atoms with E-state index < -0.39 is 0 Å². The van der Waals surface area contributed by atoms with Gasteiger partial charge in [-0.3, -0.25) is 4.79 Å². The van der Waals surface area contributed by atoms with Gasteiger partial charge in [-0.25, -0.2) is 9.97 Å². The minimum Gasteiger partial charge on any atom is -0.353 e. The van der Waals surface area contributed by atoms with Crippen LogP contribution in [-0.4, -0.2) is 27.7 Å². The predicted octanol–water partition coefficient (Wildman–Crippen LogP) is 3.71. The summed E-state index contributed by atoms with van der Waals surface area (Å²) in [6, 6.07) is 0.272. The zero-order chi connectivity index (χ0) is 15.4. The minimum atomic E-state index is 0.0741. The molecule has 0 aromatic carbocycles. The highest BCUT2D eigenvalue weighted by molar-refractivity contribution is 8.00. The number of nitrogens with one attached hydrogen (secondary N) is 1. The van der Waals surface area contributed by atoms with Gasteiger partial charge in [0.05, 0.1) is 5.75 Å².